The lowest BCUT2D eigenvalue weighted by atomic mass is 10.0. The molecule has 0 aromatic rings. The Hall–Kier alpha value is -0.560. The largest absolute Gasteiger partial charge is 0.309 e. The molecule has 0 heterocycles. The Balaban J connectivity index is 4.11. The van der Waals surface area contributed by atoms with E-state index in [0.717, 1.165) is 0 Å². The van der Waals surface area contributed by atoms with Crippen LogP contribution >= 0.6 is 0 Å². The number of rotatable bonds is 5. The molecule has 0 saturated carbocycles. The number of hydrogen-bond acceptors (Lipinski definition) is 1. The van der Waals surface area contributed by atoms with E-state index in [0.29, 0.717) is 0 Å². The van der Waals surface area contributed by atoms with Gasteiger partial charge in [-0.1, -0.05) is 17.2 Å². The monoisotopic (exact) mass is 195 g/mol. The Kier molecular flexibility index (Phi) is 6.56. The minimum Gasteiger partial charge on any atom is -0.309 e. The second kappa shape index (κ2) is 6.83. The van der Waals surface area contributed by atoms with Gasteiger partial charge in [-0.2, -0.15) is 0 Å². The summed E-state index contributed by atoms with van der Waals surface area (Å²) >= 11 is 0. The van der Waals surface area contributed by atoms with Gasteiger partial charge in [0.05, 0.1) is 0 Å². The summed E-state index contributed by atoms with van der Waals surface area (Å²) in [6.45, 7) is 9.94. The van der Waals surface area contributed by atoms with E-state index >= 15 is 0 Å². The molecule has 0 aliphatic carbocycles. The first-order valence-corrected chi connectivity index (χ1v) is 5.43. The predicted molar refractivity (Wildman–Crippen MR) is 65.6 cm³/mol. The van der Waals surface area contributed by atoms with Crippen LogP contribution in [0.4, 0.5) is 0 Å². The lowest BCUT2D eigenvalue weighted by molar-refractivity contribution is 0.400. The van der Waals surface area contributed by atoms with Crippen molar-refractivity contribution >= 4 is 0 Å². The van der Waals surface area contributed by atoms with Gasteiger partial charge >= 0.3 is 0 Å². The molecule has 0 aliphatic rings. The van der Waals surface area contributed by atoms with Gasteiger partial charge in [0.2, 0.25) is 0 Å². The Labute approximate surface area is 89.5 Å². The third-order valence-electron chi connectivity index (χ3n) is 2.82. The highest BCUT2D eigenvalue weighted by Gasteiger charge is 1.99. The van der Waals surface area contributed by atoms with Crippen LogP contribution in [0.25, 0.3) is 0 Å². The van der Waals surface area contributed by atoms with Crippen molar-refractivity contribution in [3.05, 3.63) is 22.8 Å². The lowest BCUT2D eigenvalue weighted by Crippen LogP contribution is -2.12. The average Bonchev–Trinajstić information content (AvgIpc) is 2.14. The number of nitrogens with zero attached hydrogens (tertiary/aromatic N) is 1. The standard InChI is InChI=1S/C13H25N/c1-7-11(2)13(4)12(3)9-8-10-14(5)6/h7H,8-10H2,1-6H3/b11-7+,13-12+. The molecule has 0 atom stereocenters. The minimum atomic E-state index is 1.18. The molecule has 0 unspecified atom stereocenters. The maximum atomic E-state index is 2.25. The first-order chi connectivity index (χ1) is 6.49. The molecule has 0 aromatic carbocycles. The van der Waals surface area contributed by atoms with Crippen LogP contribution in [0.15, 0.2) is 22.8 Å². The van der Waals surface area contributed by atoms with Crippen LogP contribution < -0.4 is 0 Å². The van der Waals surface area contributed by atoms with Crippen LogP contribution in [0.1, 0.15) is 40.5 Å². The third kappa shape index (κ3) is 5.23. The van der Waals surface area contributed by atoms with Gasteiger partial charge in [0, 0.05) is 0 Å². The highest BCUT2D eigenvalue weighted by Crippen LogP contribution is 2.17. The van der Waals surface area contributed by atoms with Gasteiger partial charge in [-0.25, -0.2) is 0 Å². The summed E-state index contributed by atoms with van der Waals surface area (Å²) in [4.78, 5) is 2.24. The molecule has 14 heavy (non-hydrogen) atoms. The van der Waals surface area contributed by atoms with Crippen LogP contribution in [-0.2, 0) is 0 Å². The van der Waals surface area contributed by atoms with E-state index in [1.54, 1.807) is 0 Å². The van der Waals surface area contributed by atoms with Gasteiger partial charge in [0.15, 0.2) is 0 Å². The zero-order valence-corrected chi connectivity index (χ0v) is 10.6. The first kappa shape index (κ1) is 13.4. The van der Waals surface area contributed by atoms with E-state index in [1.807, 2.05) is 0 Å². The smallest absolute Gasteiger partial charge is 0.00218 e. The van der Waals surface area contributed by atoms with Crippen molar-refractivity contribution in [2.24, 2.45) is 0 Å². The zero-order valence-electron chi connectivity index (χ0n) is 10.6. The van der Waals surface area contributed by atoms with Crippen LogP contribution in [0.3, 0.4) is 0 Å². The van der Waals surface area contributed by atoms with Gasteiger partial charge in [-0.3, -0.25) is 0 Å². The Bertz CT molecular complexity index is 221. The van der Waals surface area contributed by atoms with E-state index < -0.39 is 0 Å². The summed E-state index contributed by atoms with van der Waals surface area (Å²) in [7, 11) is 4.26. The molecule has 0 rings (SSSR count). The van der Waals surface area contributed by atoms with E-state index in [2.05, 4.69) is 52.8 Å². The number of hydrogen-bond donors (Lipinski definition) is 0. The molecule has 1 heteroatoms. The molecule has 0 spiro atoms. The molecule has 1 nitrogen and oxygen atoms in total. The zero-order chi connectivity index (χ0) is 11.1. The normalized spacial score (nSPS) is 14.6. The molecule has 0 saturated heterocycles. The van der Waals surface area contributed by atoms with Crippen molar-refractivity contribution in [1.29, 1.82) is 0 Å². The fourth-order valence-corrected chi connectivity index (χ4v) is 1.40. The molecular formula is C13H25N. The molecule has 0 bridgehead atoms. The van der Waals surface area contributed by atoms with Gasteiger partial charge < -0.3 is 4.90 Å². The minimum absolute atomic E-state index is 1.18. The molecule has 82 valence electrons. The quantitative estimate of drug-likeness (QED) is 0.605. The van der Waals surface area contributed by atoms with Crippen molar-refractivity contribution in [3.8, 4) is 0 Å². The van der Waals surface area contributed by atoms with Gasteiger partial charge in [0.1, 0.15) is 0 Å². The van der Waals surface area contributed by atoms with Gasteiger partial charge in [-0.15, -0.1) is 0 Å². The average molecular weight is 195 g/mol. The first-order valence-electron chi connectivity index (χ1n) is 5.43. The number of allylic oxidation sites excluding steroid dienone is 4. The third-order valence-corrected chi connectivity index (χ3v) is 2.82. The van der Waals surface area contributed by atoms with Crippen LogP contribution in [0.2, 0.25) is 0 Å². The second-order valence-electron chi connectivity index (χ2n) is 4.28. The fourth-order valence-electron chi connectivity index (χ4n) is 1.40. The summed E-state index contributed by atoms with van der Waals surface area (Å²) in [6.07, 6.45) is 4.66. The van der Waals surface area contributed by atoms with Crippen molar-refractivity contribution in [2.75, 3.05) is 20.6 Å². The van der Waals surface area contributed by atoms with E-state index in [4.69, 9.17) is 0 Å². The topological polar surface area (TPSA) is 3.24 Å². The maximum Gasteiger partial charge on any atom is -0.00218 e. The maximum absolute atomic E-state index is 2.25. The van der Waals surface area contributed by atoms with Crippen molar-refractivity contribution in [2.45, 2.75) is 40.5 Å². The summed E-state index contributed by atoms with van der Waals surface area (Å²) in [6, 6.07) is 0. The van der Waals surface area contributed by atoms with E-state index in [9.17, 15) is 0 Å². The Morgan fingerprint density at radius 1 is 1.14 bits per heavy atom. The van der Waals surface area contributed by atoms with Crippen LogP contribution in [-0.4, -0.2) is 25.5 Å². The lowest BCUT2D eigenvalue weighted by Gasteiger charge is -2.11. The molecule has 0 aliphatic heterocycles. The van der Waals surface area contributed by atoms with Crippen LogP contribution in [0.5, 0.6) is 0 Å². The summed E-state index contributed by atoms with van der Waals surface area (Å²) < 4.78 is 0. The van der Waals surface area contributed by atoms with E-state index in [-0.39, 0.29) is 0 Å². The van der Waals surface area contributed by atoms with Crippen molar-refractivity contribution in [3.63, 3.8) is 0 Å². The predicted octanol–water partition coefficient (Wildman–Crippen LogP) is 3.63. The molecule has 0 radical (unpaired) electrons. The summed E-state index contributed by atoms with van der Waals surface area (Å²) in [5.41, 5.74) is 4.40. The fraction of sp³-hybridized carbons (Fsp3) is 0.692. The molecule has 0 amide bonds. The molecule has 0 fully saturated rings. The SMILES string of the molecule is C/C=C(C)/C(C)=C(\C)CCCN(C)C. The van der Waals surface area contributed by atoms with Crippen molar-refractivity contribution < 1.29 is 0 Å². The highest BCUT2D eigenvalue weighted by molar-refractivity contribution is 5.30. The van der Waals surface area contributed by atoms with Crippen molar-refractivity contribution in [1.82, 2.24) is 4.90 Å². The summed E-state index contributed by atoms with van der Waals surface area (Å²) in [5, 5.41) is 0. The molecule has 0 N–H and O–H groups in total. The Morgan fingerprint density at radius 2 is 1.71 bits per heavy atom. The molecular weight excluding hydrogens is 170 g/mol. The van der Waals surface area contributed by atoms with Crippen LogP contribution in [0, 0.1) is 0 Å². The van der Waals surface area contributed by atoms with Gasteiger partial charge in [0.25, 0.3) is 0 Å². The highest BCUT2D eigenvalue weighted by atomic mass is 15.0. The second-order valence-corrected chi connectivity index (χ2v) is 4.28. The Morgan fingerprint density at radius 3 is 2.14 bits per heavy atom. The summed E-state index contributed by atoms with van der Waals surface area (Å²) in [5.74, 6) is 0. The van der Waals surface area contributed by atoms with E-state index in [1.165, 1.54) is 36.1 Å². The van der Waals surface area contributed by atoms with Gasteiger partial charge in [-0.05, 0) is 66.7 Å². The molecule has 0 aromatic heterocycles.